The van der Waals surface area contributed by atoms with Crippen molar-refractivity contribution in [2.24, 2.45) is 0 Å². The van der Waals surface area contributed by atoms with E-state index >= 15 is 0 Å². The maximum absolute atomic E-state index is 12.8. The topological polar surface area (TPSA) is 92.7 Å². The Labute approximate surface area is 231 Å². The number of benzene rings is 4. The van der Waals surface area contributed by atoms with Crippen molar-refractivity contribution in [1.82, 2.24) is 4.57 Å². The zero-order chi connectivity index (χ0) is 28.7. The summed E-state index contributed by atoms with van der Waals surface area (Å²) in [5.74, 6) is -2.14. The number of carbonyl (C=O) groups is 2. The second kappa shape index (κ2) is 8.46. The van der Waals surface area contributed by atoms with Gasteiger partial charge >= 0.3 is 11.9 Å². The second-order valence-electron chi connectivity index (χ2n) is 12.6. The predicted octanol–water partition coefficient (Wildman–Crippen LogP) is 8.67. The fraction of sp³-hybridized carbons (Fsp3) is 0.235. The number of aromatic carboxylic acids is 2. The first-order valence-electron chi connectivity index (χ1n) is 13.3. The van der Waals surface area contributed by atoms with E-state index in [1.807, 2.05) is 96.1 Å². The minimum absolute atomic E-state index is 0.122. The van der Waals surface area contributed by atoms with Crippen LogP contribution in [-0.2, 0) is 10.8 Å². The molecule has 6 aromatic rings. The highest BCUT2D eigenvalue weighted by Crippen LogP contribution is 2.42. The number of hydrogen-bond acceptors (Lipinski definition) is 3. The first-order chi connectivity index (χ1) is 18.8. The summed E-state index contributed by atoms with van der Waals surface area (Å²) in [6.45, 7) is 12.2. The van der Waals surface area contributed by atoms with Gasteiger partial charge in [-0.15, -0.1) is 0 Å². The molecule has 2 heterocycles. The van der Waals surface area contributed by atoms with E-state index in [-0.39, 0.29) is 22.0 Å². The molecule has 0 fully saturated rings. The molecule has 0 spiro atoms. The van der Waals surface area contributed by atoms with Crippen LogP contribution in [0.15, 0.2) is 71.1 Å². The van der Waals surface area contributed by atoms with Crippen LogP contribution in [0.5, 0.6) is 0 Å². The molecule has 0 amide bonds. The van der Waals surface area contributed by atoms with E-state index in [0.29, 0.717) is 33.1 Å². The molecule has 0 atom stereocenters. The van der Waals surface area contributed by atoms with Gasteiger partial charge in [0.15, 0.2) is 0 Å². The van der Waals surface area contributed by atoms with Crippen molar-refractivity contribution in [1.29, 1.82) is 0 Å². The summed E-state index contributed by atoms with van der Waals surface area (Å²) in [7, 11) is 0. The quantitative estimate of drug-likeness (QED) is 0.237. The zero-order valence-corrected chi connectivity index (χ0v) is 23.4. The number of furan rings is 1. The second-order valence-corrected chi connectivity index (χ2v) is 12.6. The van der Waals surface area contributed by atoms with Gasteiger partial charge in [0.2, 0.25) is 0 Å². The molecule has 0 unspecified atom stereocenters. The molecule has 202 valence electrons. The fourth-order valence-corrected chi connectivity index (χ4v) is 5.58. The molecule has 4 aromatic carbocycles. The Morgan fingerprint density at radius 1 is 0.625 bits per heavy atom. The van der Waals surface area contributed by atoms with E-state index in [1.54, 1.807) is 16.7 Å². The van der Waals surface area contributed by atoms with Gasteiger partial charge in [-0.05, 0) is 64.4 Å². The lowest BCUT2D eigenvalue weighted by Crippen LogP contribution is -2.13. The van der Waals surface area contributed by atoms with Crippen molar-refractivity contribution in [3.8, 4) is 5.69 Å². The van der Waals surface area contributed by atoms with E-state index in [4.69, 9.17) is 4.42 Å². The van der Waals surface area contributed by atoms with Gasteiger partial charge < -0.3 is 19.2 Å². The maximum Gasteiger partial charge on any atom is 0.337 e. The number of carboxylic acid groups (broad SMARTS) is 2. The molecule has 0 aliphatic heterocycles. The van der Waals surface area contributed by atoms with Gasteiger partial charge in [-0.3, -0.25) is 0 Å². The average molecular weight is 534 g/mol. The van der Waals surface area contributed by atoms with Crippen molar-refractivity contribution in [3.05, 3.63) is 89.0 Å². The van der Waals surface area contributed by atoms with Crippen molar-refractivity contribution < 1.29 is 24.2 Å². The molecule has 0 radical (unpaired) electrons. The Morgan fingerprint density at radius 3 is 1.62 bits per heavy atom. The highest BCUT2D eigenvalue weighted by molar-refractivity contribution is 6.20. The summed E-state index contributed by atoms with van der Waals surface area (Å²) >= 11 is 0. The third-order valence-corrected chi connectivity index (χ3v) is 7.77. The monoisotopic (exact) mass is 533 g/mol. The maximum atomic E-state index is 12.8. The minimum Gasteiger partial charge on any atom is -0.478 e. The molecule has 40 heavy (non-hydrogen) atoms. The molecule has 0 aliphatic carbocycles. The van der Waals surface area contributed by atoms with Crippen molar-refractivity contribution in [2.45, 2.75) is 52.4 Å². The lowest BCUT2D eigenvalue weighted by atomic mass is 9.83. The van der Waals surface area contributed by atoms with E-state index in [1.165, 1.54) is 0 Å². The van der Waals surface area contributed by atoms with Crippen LogP contribution in [0, 0.1) is 0 Å². The van der Waals surface area contributed by atoms with Crippen molar-refractivity contribution >= 4 is 55.7 Å². The van der Waals surface area contributed by atoms with Crippen LogP contribution in [0.25, 0.3) is 49.4 Å². The first-order valence-corrected chi connectivity index (χ1v) is 13.3. The van der Waals surface area contributed by atoms with Crippen LogP contribution in [0.3, 0.4) is 0 Å². The molecule has 6 nitrogen and oxygen atoms in total. The van der Waals surface area contributed by atoms with E-state index in [2.05, 4.69) is 0 Å². The first kappa shape index (κ1) is 25.7. The summed E-state index contributed by atoms with van der Waals surface area (Å²) in [6, 6.07) is 20.9. The van der Waals surface area contributed by atoms with Gasteiger partial charge in [0, 0.05) is 33.3 Å². The standard InChI is InChI=1S/C34H31NO5/c1-33(2,3)18-13-23-24-14-19(34(4,5)6)16-26(32(38)39)30(24)35(29(23)25(15-18)31(36)37)20-11-12-22-21-9-7-8-10-27(21)40-28(22)17-20/h7-17H,1-6H3,(H,36,37)(H,38,39). The molecule has 0 saturated heterocycles. The van der Waals surface area contributed by atoms with E-state index < -0.39 is 11.9 Å². The zero-order valence-electron chi connectivity index (χ0n) is 23.4. The third kappa shape index (κ3) is 3.86. The number of fused-ring (bicyclic) bond motifs is 6. The minimum atomic E-state index is -1.07. The molecule has 2 N–H and O–H groups in total. The summed E-state index contributed by atoms with van der Waals surface area (Å²) in [5.41, 5.74) is 4.26. The van der Waals surface area contributed by atoms with Crippen LogP contribution in [0.1, 0.15) is 73.4 Å². The number of carboxylic acids is 2. The molecule has 0 aliphatic rings. The Balaban J connectivity index is 1.84. The third-order valence-electron chi connectivity index (χ3n) is 7.77. The number of hydrogen-bond donors (Lipinski definition) is 2. The Morgan fingerprint density at radius 2 is 1.12 bits per heavy atom. The van der Waals surface area contributed by atoms with Crippen LogP contribution in [-0.4, -0.2) is 26.7 Å². The summed E-state index contributed by atoms with van der Waals surface area (Å²) < 4.78 is 7.93. The van der Waals surface area contributed by atoms with Crippen LogP contribution in [0.2, 0.25) is 0 Å². The molecule has 0 bridgehead atoms. The number of aromatic nitrogens is 1. The van der Waals surface area contributed by atoms with Crippen LogP contribution < -0.4 is 0 Å². The molecular formula is C34H31NO5. The van der Waals surface area contributed by atoms with E-state index in [0.717, 1.165) is 27.5 Å². The highest BCUT2D eigenvalue weighted by Gasteiger charge is 2.28. The van der Waals surface area contributed by atoms with Gasteiger partial charge in [-0.1, -0.05) is 59.7 Å². The Bertz CT molecular complexity index is 1940. The van der Waals surface area contributed by atoms with Gasteiger partial charge in [0.25, 0.3) is 0 Å². The van der Waals surface area contributed by atoms with Crippen molar-refractivity contribution in [3.63, 3.8) is 0 Å². The van der Waals surface area contributed by atoms with Crippen molar-refractivity contribution in [2.75, 3.05) is 0 Å². The Kier molecular flexibility index (Phi) is 5.43. The van der Waals surface area contributed by atoms with Gasteiger partial charge in [-0.2, -0.15) is 0 Å². The molecular weight excluding hydrogens is 502 g/mol. The number of nitrogens with zero attached hydrogens (tertiary/aromatic N) is 1. The summed E-state index contributed by atoms with van der Waals surface area (Å²) in [6.07, 6.45) is 0. The largest absolute Gasteiger partial charge is 0.478 e. The van der Waals surface area contributed by atoms with Crippen LogP contribution in [0.4, 0.5) is 0 Å². The SMILES string of the molecule is CC(C)(C)c1cc(C(=O)O)c2c(c1)c1cc(C(C)(C)C)cc(C(=O)O)c1n2-c1ccc2c(c1)oc1ccccc12. The van der Waals surface area contributed by atoms with Gasteiger partial charge in [-0.25, -0.2) is 9.59 Å². The van der Waals surface area contributed by atoms with Gasteiger partial charge in [0.1, 0.15) is 11.2 Å². The average Bonchev–Trinajstić information content (AvgIpc) is 3.41. The summed E-state index contributed by atoms with van der Waals surface area (Å²) in [4.78, 5) is 25.6. The number of rotatable bonds is 3. The van der Waals surface area contributed by atoms with Crippen LogP contribution >= 0.6 is 0 Å². The smallest absolute Gasteiger partial charge is 0.337 e. The van der Waals surface area contributed by atoms with Gasteiger partial charge in [0.05, 0.1) is 22.2 Å². The molecule has 6 rings (SSSR count). The predicted molar refractivity (Wildman–Crippen MR) is 159 cm³/mol. The lowest BCUT2D eigenvalue weighted by molar-refractivity contribution is 0.0688. The Hall–Kier alpha value is -4.58. The van der Waals surface area contributed by atoms with E-state index in [9.17, 15) is 19.8 Å². The fourth-order valence-electron chi connectivity index (χ4n) is 5.58. The summed E-state index contributed by atoms with van der Waals surface area (Å²) in [5, 5.41) is 24.2. The molecule has 6 heteroatoms. The highest BCUT2D eigenvalue weighted by atomic mass is 16.4. The molecule has 0 saturated carbocycles. The normalized spacial score (nSPS) is 12.7. The lowest BCUT2D eigenvalue weighted by Gasteiger charge is -2.21. The number of para-hydroxylation sites is 1. The molecule has 2 aromatic heterocycles.